The van der Waals surface area contributed by atoms with Gasteiger partial charge in [0.05, 0.1) is 18.8 Å². The molecule has 6 nitrogen and oxygen atoms in total. The van der Waals surface area contributed by atoms with E-state index < -0.39 is 0 Å². The van der Waals surface area contributed by atoms with Crippen LogP contribution in [0.4, 0.5) is 0 Å². The van der Waals surface area contributed by atoms with Crippen LogP contribution in [0, 0.1) is 0 Å². The third-order valence-corrected chi connectivity index (χ3v) is 4.88. The van der Waals surface area contributed by atoms with Crippen LogP contribution >= 0.6 is 35.3 Å². The highest BCUT2D eigenvalue weighted by Crippen LogP contribution is 2.17. The molecule has 0 spiro atoms. The minimum atomic E-state index is -0.265. The molecule has 1 amide bonds. The number of aliphatic imine (C=N–C) groups is 1. The van der Waals surface area contributed by atoms with Gasteiger partial charge in [-0.25, -0.2) is 9.98 Å². The number of thiazole rings is 1. The number of carbonyl (C=O) groups is 1. The molecule has 0 saturated heterocycles. The zero-order valence-corrected chi connectivity index (χ0v) is 21.9. The fourth-order valence-electron chi connectivity index (χ4n) is 2.57. The van der Waals surface area contributed by atoms with E-state index in [1.165, 1.54) is 0 Å². The van der Waals surface area contributed by atoms with Crippen molar-refractivity contribution >= 4 is 47.2 Å². The lowest BCUT2D eigenvalue weighted by Gasteiger charge is -2.20. The lowest BCUT2D eigenvalue weighted by Crippen LogP contribution is -2.40. The maximum atomic E-state index is 12.4. The topological polar surface area (TPSA) is 78.4 Å². The quantitative estimate of drug-likeness (QED) is 0.270. The predicted molar refractivity (Wildman–Crippen MR) is 137 cm³/mol. The normalized spacial score (nSPS) is 11.8. The van der Waals surface area contributed by atoms with Crippen LogP contribution in [0.5, 0.6) is 0 Å². The summed E-state index contributed by atoms with van der Waals surface area (Å²) in [6.45, 7) is 14.1. The molecule has 0 aliphatic carbocycles. The Bertz CT molecular complexity index is 842. The van der Waals surface area contributed by atoms with Crippen molar-refractivity contribution in [2.24, 2.45) is 4.99 Å². The fraction of sp³-hybridized carbons (Fsp3) is 0.500. The highest BCUT2D eigenvalue weighted by atomic mass is 127. The number of carbonyl (C=O) groups excluding carboxylic acids is 1. The number of nitrogens with zero attached hydrogens (tertiary/aromatic N) is 2. The van der Waals surface area contributed by atoms with Gasteiger partial charge in [0.25, 0.3) is 5.91 Å². The summed E-state index contributed by atoms with van der Waals surface area (Å²) >= 11 is 1.66. The van der Waals surface area contributed by atoms with Gasteiger partial charge in [0.2, 0.25) is 0 Å². The van der Waals surface area contributed by atoms with Crippen molar-refractivity contribution in [1.82, 2.24) is 20.9 Å². The first-order valence-corrected chi connectivity index (χ1v) is 10.9. The van der Waals surface area contributed by atoms with Gasteiger partial charge < -0.3 is 16.0 Å². The Balaban J connectivity index is 0.00000450. The Morgan fingerprint density at radius 2 is 1.97 bits per heavy atom. The van der Waals surface area contributed by atoms with Gasteiger partial charge in [-0.05, 0) is 51.3 Å². The van der Waals surface area contributed by atoms with Crippen molar-refractivity contribution in [3.8, 4) is 0 Å². The van der Waals surface area contributed by atoms with Crippen LogP contribution in [0.3, 0.4) is 0 Å². The average molecular weight is 544 g/mol. The summed E-state index contributed by atoms with van der Waals surface area (Å²) in [5.74, 6) is 1.10. The van der Waals surface area contributed by atoms with Crippen LogP contribution in [0.15, 0.2) is 34.6 Å². The first-order valence-electron chi connectivity index (χ1n) is 10.1. The zero-order valence-electron chi connectivity index (χ0n) is 18.7. The summed E-state index contributed by atoms with van der Waals surface area (Å²) in [5, 5.41) is 12.7. The molecule has 166 valence electrons. The van der Waals surface area contributed by atoms with Crippen LogP contribution in [-0.4, -0.2) is 28.9 Å². The lowest BCUT2D eigenvalue weighted by molar-refractivity contribution is 0.0919. The smallest absolute Gasteiger partial charge is 0.251 e. The molecule has 0 bridgehead atoms. The molecule has 0 fully saturated rings. The Morgan fingerprint density at radius 3 is 2.57 bits per heavy atom. The van der Waals surface area contributed by atoms with Gasteiger partial charge in [0, 0.05) is 23.0 Å². The lowest BCUT2D eigenvalue weighted by atomic mass is 10.1. The second kappa shape index (κ2) is 12.2. The largest absolute Gasteiger partial charge is 0.357 e. The summed E-state index contributed by atoms with van der Waals surface area (Å²) in [6, 6.07) is 7.60. The van der Waals surface area contributed by atoms with E-state index in [2.05, 4.69) is 45.2 Å². The van der Waals surface area contributed by atoms with Gasteiger partial charge in [-0.2, -0.15) is 0 Å². The molecule has 1 heterocycles. The van der Waals surface area contributed by atoms with Crippen molar-refractivity contribution in [1.29, 1.82) is 0 Å². The molecule has 2 aromatic rings. The van der Waals surface area contributed by atoms with Crippen LogP contribution in [0.25, 0.3) is 0 Å². The van der Waals surface area contributed by atoms with Gasteiger partial charge >= 0.3 is 0 Å². The summed E-state index contributed by atoms with van der Waals surface area (Å²) in [4.78, 5) is 21.7. The minimum Gasteiger partial charge on any atom is -0.357 e. The van der Waals surface area contributed by atoms with E-state index in [-0.39, 0.29) is 35.4 Å². The number of rotatable bonds is 7. The highest BCUT2D eigenvalue weighted by molar-refractivity contribution is 14.0. The van der Waals surface area contributed by atoms with Crippen molar-refractivity contribution in [3.63, 3.8) is 0 Å². The maximum Gasteiger partial charge on any atom is 0.251 e. The summed E-state index contributed by atoms with van der Waals surface area (Å²) in [6.07, 6.45) is 0. The van der Waals surface area contributed by atoms with E-state index in [4.69, 9.17) is 0 Å². The number of amides is 1. The Kier molecular flexibility index (Phi) is 10.8. The Morgan fingerprint density at radius 1 is 1.23 bits per heavy atom. The van der Waals surface area contributed by atoms with E-state index in [1.54, 1.807) is 11.3 Å². The van der Waals surface area contributed by atoms with Gasteiger partial charge in [-0.3, -0.25) is 4.79 Å². The monoisotopic (exact) mass is 543 g/mol. The number of hydrogen-bond donors (Lipinski definition) is 3. The second-order valence-corrected chi connectivity index (χ2v) is 9.22. The number of halogens is 1. The molecule has 0 saturated carbocycles. The number of aromatic nitrogens is 1. The molecular formula is C22H34IN5OS. The summed E-state index contributed by atoms with van der Waals surface area (Å²) in [5.41, 5.74) is 2.49. The molecule has 0 aliphatic rings. The molecule has 0 radical (unpaired) electrons. The molecule has 0 atom stereocenters. The number of hydrogen-bond acceptors (Lipinski definition) is 4. The van der Waals surface area contributed by atoms with Crippen LogP contribution in [-0.2, 0) is 13.1 Å². The molecule has 1 aromatic carbocycles. The molecule has 0 unspecified atom stereocenters. The predicted octanol–water partition coefficient (Wildman–Crippen LogP) is 4.67. The van der Waals surface area contributed by atoms with Crippen LogP contribution in [0.2, 0.25) is 0 Å². The van der Waals surface area contributed by atoms with Crippen LogP contribution < -0.4 is 16.0 Å². The third kappa shape index (κ3) is 8.99. The minimum absolute atomic E-state index is 0. The second-order valence-electron chi connectivity index (χ2n) is 8.27. The standard InChI is InChI=1S/C22H33N5OS.HI/c1-7-23-21(25-13-19-26-18(14-29-19)15(2)3)24-12-16-9-8-10-17(11-16)20(28)27-22(4,5)6;/h8-11,14-15H,7,12-13H2,1-6H3,(H,27,28)(H2,23,24,25);1H. The summed E-state index contributed by atoms with van der Waals surface area (Å²) < 4.78 is 0. The first-order chi connectivity index (χ1) is 13.7. The van der Waals surface area contributed by atoms with Crippen molar-refractivity contribution in [2.75, 3.05) is 6.54 Å². The molecule has 3 N–H and O–H groups in total. The first kappa shape index (κ1) is 26.4. The maximum absolute atomic E-state index is 12.4. The zero-order chi connectivity index (χ0) is 21.4. The van der Waals surface area contributed by atoms with E-state index in [1.807, 2.05) is 52.0 Å². The van der Waals surface area contributed by atoms with Gasteiger partial charge in [0.15, 0.2) is 5.96 Å². The van der Waals surface area contributed by atoms with Crippen molar-refractivity contribution in [3.05, 3.63) is 51.5 Å². The molecule has 0 aliphatic heterocycles. The Hall–Kier alpha value is -1.68. The summed E-state index contributed by atoms with van der Waals surface area (Å²) in [7, 11) is 0. The number of benzene rings is 1. The van der Waals surface area contributed by atoms with Gasteiger partial charge in [-0.15, -0.1) is 35.3 Å². The highest BCUT2D eigenvalue weighted by Gasteiger charge is 2.15. The van der Waals surface area contributed by atoms with Gasteiger partial charge in [0.1, 0.15) is 5.01 Å². The molecular weight excluding hydrogens is 509 g/mol. The molecule has 8 heteroatoms. The van der Waals surface area contributed by atoms with E-state index >= 15 is 0 Å². The molecule has 30 heavy (non-hydrogen) atoms. The van der Waals surface area contributed by atoms with E-state index in [9.17, 15) is 4.79 Å². The molecule has 1 aromatic heterocycles. The van der Waals surface area contributed by atoms with Crippen LogP contribution in [0.1, 0.15) is 74.1 Å². The Labute approximate surface area is 201 Å². The average Bonchev–Trinajstić information content (AvgIpc) is 3.12. The van der Waals surface area contributed by atoms with E-state index in [0.29, 0.717) is 24.6 Å². The van der Waals surface area contributed by atoms with Crippen molar-refractivity contribution in [2.45, 2.75) is 66.1 Å². The molecule has 2 rings (SSSR count). The number of guanidine groups is 1. The number of nitrogens with one attached hydrogen (secondary N) is 3. The van der Waals surface area contributed by atoms with Gasteiger partial charge in [-0.1, -0.05) is 26.0 Å². The SMILES string of the molecule is CCNC(=NCc1cccc(C(=O)NC(C)(C)C)c1)NCc1nc(C(C)C)cs1.I. The van der Waals surface area contributed by atoms with E-state index in [0.717, 1.165) is 28.8 Å². The van der Waals surface area contributed by atoms with Crippen molar-refractivity contribution < 1.29 is 4.79 Å². The fourth-order valence-corrected chi connectivity index (χ4v) is 3.46. The third-order valence-electron chi connectivity index (χ3n) is 4.01.